The first-order valence-electron chi connectivity index (χ1n) is 22.2. The van der Waals surface area contributed by atoms with Crippen LogP contribution >= 0.6 is 7.82 Å². The Hall–Kier alpha value is -1.70. The molecule has 0 aliphatic carbocycles. The summed E-state index contributed by atoms with van der Waals surface area (Å²) in [6.45, 7) is 4.18. The molecule has 9 heteroatoms. The average molecular weight is 782 g/mol. The predicted molar refractivity (Wildman–Crippen MR) is 228 cm³/mol. The Bertz CT molecular complexity index is 968. The van der Waals surface area contributed by atoms with E-state index in [2.05, 4.69) is 38.2 Å². The molecule has 0 aromatic heterocycles. The van der Waals surface area contributed by atoms with Crippen molar-refractivity contribution in [3.63, 3.8) is 0 Å². The topological polar surface area (TPSA) is 117 Å². The summed E-state index contributed by atoms with van der Waals surface area (Å²) in [7, 11) is -4.31. The predicted octanol–water partition coefficient (Wildman–Crippen LogP) is 13.5. The molecule has 3 N–H and O–H groups in total. The van der Waals surface area contributed by atoms with Gasteiger partial charge in [0.25, 0.3) is 0 Å². The van der Waals surface area contributed by atoms with Crippen molar-refractivity contribution in [1.29, 1.82) is 0 Å². The number of hydrogen-bond acceptors (Lipinski definition) is 7. The lowest BCUT2D eigenvalue weighted by Crippen LogP contribution is -2.27. The molecule has 0 bridgehead atoms. The van der Waals surface area contributed by atoms with Crippen molar-refractivity contribution in [2.75, 3.05) is 26.4 Å². The summed E-state index contributed by atoms with van der Waals surface area (Å²) < 4.78 is 33.1. The Labute approximate surface area is 332 Å². The van der Waals surface area contributed by atoms with Crippen LogP contribution in [0.5, 0.6) is 0 Å². The quantitative estimate of drug-likeness (QED) is 0.0207. The van der Waals surface area contributed by atoms with Gasteiger partial charge >= 0.3 is 13.8 Å². The van der Waals surface area contributed by atoms with Crippen LogP contribution in [0.3, 0.4) is 0 Å². The fourth-order valence-corrected chi connectivity index (χ4v) is 6.82. The summed E-state index contributed by atoms with van der Waals surface area (Å²) >= 11 is 0. The fraction of sp³-hybridized carbons (Fsp3) is 0.800. The Morgan fingerprint density at radius 1 is 0.574 bits per heavy atom. The highest BCUT2D eigenvalue weighted by Crippen LogP contribution is 2.43. The molecular formula is C45H84NO7P. The minimum atomic E-state index is -4.31. The molecule has 0 radical (unpaired) electrons. The third-order valence-electron chi connectivity index (χ3n) is 9.33. The Balaban J connectivity index is 4.17. The van der Waals surface area contributed by atoms with Gasteiger partial charge in [-0.1, -0.05) is 185 Å². The number of hydrogen-bond donors (Lipinski definition) is 2. The number of phosphoric ester groups is 1. The molecule has 54 heavy (non-hydrogen) atoms. The van der Waals surface area contributed by atoms with E-state index in [0.717, 1.165) is 32.1 Å². The molecule has 0 heterocycles. The maximum Gasteiger partial charge on any atom is 0.472 e. The van der Waals surface area contributed by atoms with Crippen LogP contribution in [-0.4, -0.2) is 43.3 Å². The zero-order chi connectivity index (χ0) is 39.5. The molecule has 0 aromatic rings. The summed E-state index contributed by atoms with van der Waals surface area (Å²) in [6.07, 6.45) is 51.0. The van der Waals surface area contributed by atoms with Gasteiger partial charge in [-0.3, -0.25) is 13.8 Å². The molecule has 0 aliphatic rings. The highest BCUT2D eigenvalue weighted by atomic mass is 31.2. The van der Waals surface area contributed by atoms with Crippen LogP contribution in [0.2, 0.25) is 0 Å². The van der Waals surface area contributed by atoms with Crippen LogP contribution in [0.4, 0.5) is 0 Å². The number of phosphoric acid groups is 1. The summed E-state index contributed by atoms with van der Waals surface area (Å²) in [5.41, 5.74) is 5.36. The van der Waals surface area contributed by atoms with E-state index in [9.17, 15) is 14.3 Å². The zero-order valence-electron chi connectivity index (χ0n) is 35.0. The van der Waals surface area contributed by atoms with E-state index in [0.29, 0.717) is 6.42 Å². The number of allylic oxidation sites excluding steroid dienone is 7. The van der Waals surface area contributed by atoms with Gasteiger partial charge in [0.05, 0.1) is 19.5 Å². The van der Waals surface area contributed by atoms with Gasteiger partial charge in [0, 0.05) is 13.0 Å². The lowest BCUT2D eigenvalue weighted by Gasteiger charge is -2.19. The van der Waals surface area contributed by atoms with E-state index in [1.54, 1.807) is 6.26 Å². The van der Waals surface area contributed by atoms with Crippen molar-refractivity contribution in [2.45, 2.75) is 206 Å². The number of rotatable bonds is 42. The second-order valence-electron chi connectivity index (χ2n) is 14.6. The first-order valence-corrected chi connectivity index (χ1v) is 23.7. The molecular weight excluding hydrogens is 697 g/mol. The SMILES string of the molecule is CCCCCCCCCCC/C=C\C/C=C\C/C=C\CCC(=O)OC(CO/C=C/CCCCCCCCCCCCCCCC)COP(=O)(O)OCCN. The number of esters is 1. The Morgan fingerprint density at radius 2 is 1.00 bits per heavy atom. The lowest BCUT2D eigenvalue weighted by molar-refractivity contribution is -0.153. The fourth-order valence-electron chi connectivity index (χ4n) is 6.05. The number of carbonyl (C=O) groups is 1. The molecule has 2 atom stereocenters. The number of carbonyl (C=O) groups excluding carboxylic acids is 1. The molecule has 0 aliphatic heterocycles. The van der Waals surface area contributed by atoms with Crippen LogP contribution in [0.15, 0.2) is 48.8 Å². The first kappa shape index (κ1) is 52.3. The van der Waals surface area contributed by atoms with Gasteiger partial charge < -0.3 is 20.1 Å². The summed E-state index contributed by atoms with van der Waals surface area (Å²) in [6, 6.07) is 0. The van der Waals surface area contributed by atoms with Crippen molar-refractivity contribution < 1.29 is 32.8 Å². The van der Waals surface area contributed by atoms with Crippen molar-refractivity contribution in [2.24, 2.45) is 5.73 Å². The van der Waals surface area contributed by atoms with Crippen molar-refractivity contribution >= 4 is 13.8 Å². The maximum atomic E-state index is 12.5. The van der Waals surface area contributed by atoms with Crippen molar-refractivity contribution in [3.05, 3.63) is 48.8 Å². The molecule has 316 valence electrons. The first-order chi connectivity index (χ1) is 26.4. The Morgan fingerprint density at radius 3 is 1.48 bits per heavy atom. The summed E-state index contributed by atoms with van der Waals surface area (Å²) in [5, 5.41) is 0. The van der Waals surface area contributed by atoms with E-state index in [1.807, 2.05) is 18.2 Å². The zero-order valence-corrected chi connectivity index (χ0v) is 35.8. The second-order valence-corrected chi connectivity index (χ2v) is 16.1. The number of nitrogens with two attached hydrogens (primary N) is 1. The largest absolute Gasteiger partial charge is 0.498 e. The maximum absolute atomic E-state index is 12.5. The minimum absolute atomic E-state index is 0.00609. The molecule has 0 saturated heterocycles. The van der Waals surface area contributed by atoms with Gasteiger partial charge in [0.15, 0.2) is 6.10 Å². The molecule has 0 aromatic carbocycles. The van der Waals surface area contributed by atoms with Crippen LogP contribution < -0.4 is 5.73 Å². The van der Waals surface area contributed by atoms with E-state index in [-0.39, 0.29) is 32.8 Å². The molecule has 0 amide bonds. The van der Waals surface area contributed by atoms with Crippen LogP contribution in [0, 0.1) is 0 Å². The second kappa shape index (κ2) is 42.4. The molecule has 0 rings (SSSR count). The molecule has 2 unspecified atom stereocenters. The van der Waals surface area contributed by atoms with E-state index < -0.39 is 19.9 Å². The lowest BCUT2D eigenvalue weighted by atomic mass is 10.0. The molecule has 0 saturated carbocycles. The standard InChI is InChI=1S/C45H84NO7P/c1-3-5-7-9-11-13-15-17-19-21-22-23-24-26-28-30-32-34-36-38-45(47)53-44(43-52-54(48,49)51-41-39-46)42-50-40-37-35-33-31-29-27-25-20-18-16-14-12-10-8-6-4-2/h22-23,26,28,32,34,37,40,44H,3-21,24-25,27,29-31,33,35-36,38-39,41-43,46H2,1-2H3,(H,48,49)/b23-22-,28-26-,34-32-,40-37+. The molecule has 0 fully saturated rings. The number of unbranched alkanes of at least 4 members (excludes halogenated alkanes) is 23. The van der Waals surface area contributed by atoms with Crippen molar-refractivity contribution in [1.82, 2.24) is 0 Å². The summed E-state index contributed by atoms with van der Waals surface area (Å²) in [4.78, 5) is 22.4. The van der Waals surface area contributed by atoms with Crippen LogP contribution in [0.1, 0.15) is 200 Å². The van der Waals surface area contributed by atoms with E-state index in [1.165, 1.54) is 141 Å². The molecule has 0 spiro atoms. The van der Waals surface area contributed by atoms with Crippen LogP contribution in [-0.2, 0) is 27.9 Å². The van der Waals surface area contributed by atoms with Gasteiger partial charge in [-0.25, -0.2) is 4.57 Å². The van der Waals surface area contributed by atoms with Gasteiger partial charge in [0.1, 0.15) is 6.61 Å². The smallest absolute Gasteiger partial charge is 0.472 e. The third-order valence-corrected chi connectivity index (χ3v) is 10.3. The van der Waals surface area contributed by atoms with Crippen molar-refractivity contribution in [3.8, 4) is 0 Å². The third kappa shape index (κ3) is 41.5. The average Bonchev–Trinajstić information content (AvgIpc) is 3.16. The van der Waals surface area contributed by atoms with Crippen LogP contribution in [0.25, 0.3) is 0 Å². The normalized spacial score (nSPS) is 13.9. The minimum Gasteiger partial charge on any atom is -0.498 e. The highest BCUT2D eigenvalue weighted by molar-refractivity contribution is 7.47. The van der Waals surface area contributed by atoms with Gasteiger partial charge in [-0.15, -0.1) is 0 Å². The van der Waals surface area contributed by atoms with E-state index >= 15 is 0 Å². The number of ether oxygens (including phenoxy) is 2. The monoisotopic (exact) mass is 782 g/mol. The summed E-state index contributed by atoms with van der Waals surface area (Å²) in [5.74, 6) is -0.424. The van der Waals surface area contributed by atoms with Gasteiger partial charge in [0.2, 0.25) is 0 Å². The van der Waals surface area contributed by atoms with E-state index in [4.69, 9.17) is 24.3 Å². The Kier molecular flexibility index (Phi) is 41.1. The highest BCUT2D eigenvalue weighted by Gasteiger charge is 2.25. The molecule has 8 nitrogen and oxygen atoms in total. The van der Waals surface area contributed by atoms with Gasteiger partial charge in [-0.2, -0.15) is 0 Å². The van der Waals surface area contributed by atoms with Gasteiger partial charge in [-0.05, 0) is 51.0 Å².